The monoisotopic (exact) mass is 365 g/mol. The molecule has 126 valence electrons. The molecule has 1 aromatic heterocycles. The highest BCUT2D eigenvalue weighted by atomic mass is 32.2. The molecule has 24 heavy (non-hydrogen) atoms. The Kier molecular flexibility index (Phi) is 4.98. The molecule has 0 aliphatic heterocycles. The summed E-state index contributed by atoms with van der Waals surface area (Å²) in [5, 5.41) is 3.90. The third-order valence-electron chi connectivity index (χ3n) is 3.98. The van der Waals surface area contributed by atoms with Crippen LogP contribution in [0.15, 0.2) is 22.7 Å². The van der Waals surface area contributed by atoms with Crippen molar-refractivity contribution in [1.29, 1.82) is 0 Å². The number of benzene rings is 1. The Morgan fingerprint density at radius 2 is 2.21 bits per heavy atom. The lowest BCUT2D eigenvalue weighted by atomic mass is 9.95. The van der Waals surface area contributed by atoms with Gasteiger partial charge in [-0.05, 0) is 30.9 Å². The Morgan fingerprint density at radius 1 is 1.46 bits per heavy atom. The van der Waals surface area contributed by atoms with E-state index in [2.05, 4.69) is 5.16 Å². The number of aromatic nitrogens is 1. The fourth-order valence-corrected chi connectivity index (χ4v) is 3.46. The topological polar surface area (TPSA) is 100 Å². The molecule has 1 aliphatic carbocycles. The zero-order chi connectivity index (χ0) is 17.3. The summed E-state index contributed by atoms with van der Waals surface area (Å²) in [5.41, 5.74) is 2.56. The SMILES string of the molecule is Cc1cc(CS(=O)[O-])ccc1C(=O)c1c(C[S+]=O)noc1C1CC1. The largest absolute Gasteiger partial charge is 0.772 e. The van der Waals surface area contributed by atoms with Crippen molar-refractivity contribution in [3.8, 4) is 0 Å². The molecule has 6 nitrogen and oxygen atoms in total. The third kappa shape index (κ3) is 3.50. The smallest absolute Gasteiger partial charge is 0.465 e. The zero-order valence-corrected chi connectivity index (χ0v) is 14.6. The number of carbonyl (C=O) groups is 1. The Hall–Kier alpha value is -1.77. The number of nitrogens with zero attached hydrogens (tertiary/aromatic N) is 1. The predicted octanol–water partition coefficient (Wildman–Crippen LogP) is 2.40. The van der Waals surface area contributed by atoms with Gasteiger partial charge in [-0.3, -0.25) is 9.00 Å². The highest BCUT2D eigenvalue weighted by Gasteiger charge is 2.36. The molecule has 2 aromatic rings. The fraction of sp³-hybridized carbons (Fsp3) is 0.375. The lowest BCUT2D eigenvalue weighted by molar-refractivity contribution is 0.103. The predicted molar refractivity (Wildman–Crippen MR) is 87.5 cm³/mol. The Morgan fingerprint density at radius 3 is 2.79 bits per heavy atom. The molecule has 1 aliphatic rings. The van der Waals surface area contributed by atoms with E-state index in [0.29, 0.717) is 45.4 Å². The maximum absolute atomic E-state index is 13.0. The van der Waals surface area contributed by atoms with Gasteiger partial charge < -0.3 is 9.08 Å². The normalized spacial score (nSPS) is 15.2. The number of aryl methyl sites for hydroxylation is 1. The van der Waals surface area contributed by atoms with Crippen molar-refractivity contribution in [3.05, 3.63) is 51.9 Å². The minimum atomic E-state index is -2.18. The zero-order valence-electron chi connectivity index (χ0n) is 12.9. The molecule has 1 aromatic carbocycles. The van der Waals surface area contributed by atoms with Crippen molar-refractivity contribution in [2.75, 3.05) is 0 Å². The summed E-state index contributed by atoms with van der Waals surface area (Å²) >= 11 is -1.83. The van der Waals surface area contributed by atoms with Gasteiger partial charge in [0, 0.05) is 21.4 Å². The minimum Gasteiger partial charge on any atom is -0.772 e. The van der Waals surface area contributed by atoms with E-state index >= 15 is 0 Å². The van der Waals surface area contributed by atoms with Gasteiger partial charge in [-0.2, -0.15) is 0 Å². The van der Waals surface area contributed by atoms with E-state index in [1.165, 1.54) is 0 Å². The van der Waals surface area contributed by atoms with Crippen LogP contribution in [0.25, 0.3) is 0 Å². The van der Waals surface area contributed by atoms with Crippen molar-refractivity contribution in [3.63, 3.8) is 0 Å². The summed E-state index contributed by atoms with van der Waals surface area (Å²) in [4.78, 5) is 13.0. The second-order valence-corrected chi connectivity index (χ2v) is 7.25. The van der Waals surface area contributed by atoms with Gasteiger partial charge >= 0.3 is 11.7 Å². The molecular weight excluding hydrogens is 350 g/mol. The van der Waals surface area contributed by atoms with Crippen LogP contribution in [-0.2, 0) is 38.5 Å². The Bertz CT molecular complexity index is 826. The molecule has 1 saturated carbocycles. The maximum atomic E-state index is 13.0. The molecule has 0 spiro atoms. The second-order valence-electron chi connectivity index (χ2n) is 5.83. The number of hydrogen-bond acceptors (Lipinski definition) is 6. The van der Waals surface area contributed by atoms with Crippen LogP contribution in [0, 0.1) is 6.92 Å². The van der Waals surface area contributed by atoms with Crippen LogP contribution in [0.4, 0.5) is 0 Å². The van der Waals surface area contributed by atoms with E-state index in [1.807, 2.05) is 0 Å². The first-order chi connectivity index (χ1) is 11.5. The van der Waals surface area contributed by atoms with Crippen molar-refractivity contribution in [2.45, 2.75) is 37.2 Å². The average molecular weight is 365 g/mol. The molecule has 0 radical (unpaired) electrons. The van der Waals surface area contributed by atoms with Gasteiger partial charge in [-0.25, -0.2) is 0 Å². The van der Waals surface area contributed by atoms with Crippen LogP contribution in [-0.4, -0.2) is 19.7 Å². The molecule has 0 bridgehead atoms. The van der Waals surface area contributed by atoms with Crippen molar-refractivity contribution in [1.82, 2.24) is 5.16 Å². The van der Waals surface area contributed by atoms with Crippen LogP contribution in [0.5, 0.6) is 0 Å². The standard InChI is InChI=1S/C16H15NO5S2/c1-9-6-10(8-24(20)21)2-5-12(9)15(18)14-13(7-23-19)17-22-16(14)11-3-4-11/h2,5-6,11H,3-4,7-8H2,1H3. The molecule has 1 heterocycles. The van der Waals surface area contributed by atoms with Crippen LogP contribution in [0.3, 0.4) is 0 Å². The minimum absolute atomic E-state index is 0.0730. The molecule has 0 amide bonds. The van der Waals surface area contributed by atoms with Crippen LogP contribution >= 0.6 is 0 Å². The van der Waals surface area contributed by atoms with Crippen LogP contribution < -0.4 is 0 Å². The van der Waals surface area contributed by atoms with Gasteiger partial charge in [0.25, 0.3) is 5.75 Å². The Balaban J connectivity index is 1.98. The van der Waals surface area contributed by atoms with Crippen molar-refractivity contribution >= 4 is 28.5 Å². The van der Waals surface area contributed by atoms with E-state index in [0.717, 1.165) is 12.8 Å². The van der Waals surface area contributed by atoms with Crippen LogP contribution in [0.2, 0.25) is 0 Å². The van der Waals surface area contributed by atoms with E-state index in [1.54, 1.807) is 25.1 Å². The van der Waals surface area contributed by atoms with Crippen LogP contribution in [0.1, 0.15) is 57.3 Å². The first-order valence-electron chi connectivity index (χ1n) is 7.44. The van der Waals surface area contributed by atoms with Gasteiger partial charge in [0.1, 0.15) is 0 Å². The third-order valence-corrected chi connectivity index (χ3v) is 4.94. The Labute approximate surface area is 145 Å². The fourth-order valence-electron chi connectivity index (χ4n) is 2.70. The molecule has 8 heteroatoms. The number of hydrogen-bond donors (Lipinski definition) is 0. The van der Waals surface area contributed by atoms with Gasteiger partial charge in [-0.1, -0.05) is 34.4 Å². The summed E-state index contributed by atoms with van der Waals surface area (Å²) in [7, 11) is 0. The summed E-state index contributed by atoms with van der Waals surface area (Å²) in [6.45, 7) is 1.76. The van der Waals surface area contributed by atoms with Gasteiger partial charge in [0.05, 0.1) is 5.56 Å². The summed E-state index contributed by atoms with van der Waals surface area (Å²) < 4.78 is 37.8. The van der Waals surface area contributed by atoms with Gasteiger partial charge in [-0.15, -0.1) is 0 Å². The number of carbonyl (C=O) groups excluding carboxylic acids is 1. The molecular formula is C16H15NO5S2. The molecule has 0 N–H and O–H groups in total. The average Bonchev–Trinajstić information content (AvgIpc) is 3.28. The quantitative estimate of drug-likeness (QED) is 0.424. The van der Waals surface area contributed by atoms with E-state index in [4.69, 9.17) is 4.52 Å². The van der Waals surface area contributed by atoms with E-state index < -0.39 is 11.1 Å². The van der Waals surface area contributed by atoms with Gasteiger partial charge in [0.2, 0.25) is 0 Å². The number of rotatable bonds is 7. The summed E-state index contributed by atoms with van der Waals surface area (Å²) in [5.74, 6) is 0.518. The van der Waals surface area contributed by atoms with Gasteiger partial charge in [0.15, 0.2) is 17.2 Å². The highest BCUT2D eigenvalue weighted by molar-refractivity contribution is 7.78. The lowest BCUT2D eigenvalue weighted by Crippen LogP contribution is -2.09. The molecule has 1 fully saturated rings. The first kappa shape index (κ1) is 17.1. The lowest BCUT2D eigenvalue weighted by Gasteiger charge is -2.09. The van der Waals surface area contributed by atoms with E-state index in [9.17, 15) is 17.8 Å². The van der Waals surface area contributed by atoms with E-state index in [-0.39, 0.29) is 23.2 Å². The molecule has 0 saturated heterocycles. The maximum Gasteiger partial charge on any atom is 0.465 e. The summed E-state index contributed by atoms with van der Waals surface area (Å²) in [6.07, 6.45) is 1.90. The second kappa shape index (κ2) is 7.00. The van der Waals surface area contributed by atoms with Crippen molar-refractivity contribution < 1.29 is 22.3 Å². The summed E-state index contributed by atoms with van der Waals surface area (Å²) in [6, 6.07) is 4.94. The number of ketones is 1. The van der Waals surface area contributed by atoms with Crippen molar-refractivity contribution in [2.24, 2.45) is 0 Å². The molecule has 3 rings (SSSR count). The first-order valence-corrected chi connectivity index (χ1v) is 9.60. The molecule has 1 unspecified atom stereocenters. The highest BCUT2D eigenvalue weighted by Crippen LogP contribution is 2.43. The molecule has 1 atom stereocenters.